The second-order valence-electron chi connectivity index (χ2n) is 3.53. The van der Waals surface area contributed by atoms with Gasteiger partial charge in [-0.1, -0.05) is 11.3 Å². The Morgan fingerprint density at radius 1 is 1.71 bits per heavy atom. The Morgan fingerprint density at radius 3 is 3.14 bits per heavy atom. The zero-order valence-electron chi connectivity index (χ0n) is 8.25. The summed E-state index contributed by atoms with van der Waals surface area (Å²) in [4.78, 5) is 4.21. The SMILES string of the molecule is Cc1nc(N)sc1SCC1CCCN1. The number of thiazole rings is 1. The van der Waals surface area contributed by atoms with Crippen LogP contribution >= 0.6 is 23.1 Å². The number of aryl methyl sites for hydroxylation is 1. The van der Waals surface area contributed by atoms with Crippen LogP contribution in [-0.2, 0) is 0 Å². The highest BCUT2D eigenvalue weighted by Gasteiger charge is 2.15. The van der Waals surface area contributed by atoms with Gasteiger partial charge in [-0.3, -0.25) is 0 Å². The molecule has 14 heavy (non-hydrogen) atoms. The molecule has 1 atom stereocenters. The van der Waals surface area contributed by atoms with Crippen molar-refractivity contribution in [2.24, 2.45) is 0 Å². The maximum absolute atomic E-state index is 5.64. The largest absolute Gasteiger partial charge is 0.375 e. The summed E-state index contributed by atoms with van der Waals surface area (Å²) in [6, 6.07) is 0.683. The van der Waals surface area contributed by atoms with Crippen LogP contribution in [0.1, 0.15) is 18.5 Å². The second-order valence-corrected chi connectivity index (χ2v) is 5.85. The molecule has 0 saturated carbocycles. The molecule has 0 spiro atoms. The number of aromatic nitrogens is 1. The van der Waals surface area contributed by atoms with Crippen LogP contribution in [0, 0.1) is 6.92 Å². The number of anilines is 1. The van der Waals surface area contributed by atoms with Crippen LogP contribution in [-0.4, -0.2) is 23.3 Å². The van der Waals surface area contributed by atoms with Gasteiger partial charge in [-0.2, -0.15) is 0 Å². The molecule has 78 valence electrons. The zero-order chi connectivity index (χ0) is 9.97. The average Bonchev–Trinajstić information content (AvgIpc) is 2.72. The average molecular weight is 229 g/mol. The molecule has 1 aromatic heterocycles. The molecule has 0 radical (unpaired) electrons. The summed E-state index contributed by atoms with van der Waals surface area (Å²) in [7, 11) is 0. The molecule has 2 heterocycles. The van der Waals surface area contributed by atoms with Crippen LogP contribution in [0.3, 0.4) is 0 Å². The number of nitrogens with two attached hydrogens (primary N) is 1. The van der Waals surface area contributed by atoms with Crippen LogP contribution in [0.15, 0.2) is 4.21 Å². The lowest BCUT2D eigenvalue weighted by molar-refractivity contribution is 0.674. The van der Waals surface area contributed by atoms with Crippen molar-refractivity contribution < 1.29 is 0 Å². The number of rotatable bonds is 3. The standard InChI is InChI=1S/C9H15N3S2/c1-6-8(14-9(10)12-6)13-5-7-3-2-4-11-7/h7,11H,2-5H2,1H3,(H2,10,12). The summed E-state index contributed by atoms with van der Waals surface area (Å²) in [5.41, 5.74) is 6.72. The van der Waals surface area contributed by atoms with E-state index >= 15 is 0 Å². The number of hydrogen-bond donors (Lipinski definition) is 2. The zero-order valence-corrected chi connectivity index (χ0v) is 9.88. The molecule has 1 unspecified atom stereocenters. The molecule has 0 amide bonds. The highest BCUT2D eigenvalue weighted by atomic mass is 32.2. The van der Waals surface area contributed by atoms with E-state index in [1.165, 1.54) is 23.6 Å². The van der Waals surface area contributed by atoms with E-state index in [1.807, 2.05) is 18.7 Å². The van der Waals surface area contributed by atoms with Gasteiger partial charge in [-0.15, -0.1) is 11.8 Å². The van der Waals surface area contributed by atoms with E-state index in [-0.39, 0.29) is 0 Å². The van der Waals surface area contributed by atoms with E-state index in [0.717, 1.165) is 11.4 Å². The molecular formula is C9H15N3S2. The van der Waals surface area contributed by atoms with Crippen LogP contribution in [0.4, 0.5) is 5.13 Å². The van der Waals surface area contributed by atoms with E-state index in [9.17, 15) is 0 Å². The molecule has 3 N–H and O–H groups in total. The molecular weight excluding hydrogens is 214 g/mol. The van der Waals surface area contributed by atoms with Gasteiger partial charge in [-0.05, 0) is 26.3 Å². The van der Waals surface area contributed by atoms with Gasteiger partial charge in [0.05, 0.1) is 9.90 Å². The van der Waals surface area contributed by atoms with Gasteiger partial charge in [0, 0.05) is 11.8 Å². The van der Waals surface area contributed by atoms with Gasteiger partial charge in [0.2, 0.25) is 0 Å². The summed E-state index contributed by atoms with van der Waals surface area (Å²) >= 11 is 3.48. The predicted octanol–water partition coefficient (Wildman–Crippen LogP) is 1.88. The Balaban J connectivity index is 1.87. The summed E-state index contributed by atoms with van der Waals surface area (Å²) in [6.07, 6.45) is 2.62. The summed E-state index contributed by atoms with van der Waals surface area (Å²) < 4.78 is 1.27. The molecule has 0 aliphatic carbocycles. The third kappa shape index (κ3) is 2.40. The lowest BCUT2D eigenvalue weighted by atomic mass is 10.3. The van der Waals surface area contributed by atoms with Crippen LogP contribution in [0.25, 0.3) is 0 Å². The molecule has 2 rings (SSSR count). The molecule has 1 aliphatic rings. The quantitative estimate of drug-likeness (QED) is 0.777. The van der Waals surface area contributed by atoms with Gasteiger partial charge in [0.25, 0.3) is 0 Å². The summed E-state index contributed by atoms with van der Waals surface area (Å²) in [5.74, 6) is 1.14. The number of hydrogen-bond acceptors (Lipinski definition) is 5. The first-order valence-electron chi connectivity index (χ1n) is 4.85. The van der Waals surface area contributed by atoms with Crippen molar-refractivity contribution in [2.45, 2.75) is 30.0 Å². The van der Waals surface area contributed by atoms with Crippen LogP contribution in [0.5, 0.6) is 0 Å². The molecule has 1 aliphatic heterocycles. The van der Waals surface area contributed by atoms with Crippen molar-refractivity contribution in [1.82, 2.24) is 10.3 Å². The third-order valence-corrected chi connectivity index (χ3v) is 4.86. The van der Waals surface area contributed by atoms with E-state index < -0.39 is 0 Å². The first kappa shape index (κ1) is 10.3. The van der Waals surface area contributed by atoms with Gasteiger partial charge in [0.15, 0.2) is 5.13 Å². The maximum Gasteiger partial charge on any atom is 0.181 e. The Hall–Kier alpha value is -0.260. The lowest BCUT2D eigenvalue weighted by Gasteiger charge is -2.07. The summed E-state index contributed by atoms with van der Waals surface area (Å²) in [5, 5.41) is 4.17. The lowest BCUT2D eigenvalue weighted by Crippen LogP contribution is -2.23. The minimum Gasteiger partial charge on any atom is -0.375 e. The highest BCUT2D eigenvalue weighted by molar-refractivity contribution is 8.01. The highest BCUT2D eigenvalue weighted by Crippen LogP contribution is 2.31. The minimum absolute atomic E-state index is 0.683. The minimum atomic E-state index is 0.683. The number of thioether (sulfide) groups is 1. The van der Waals surface area contributed by atoms with E-state index in [4.69, 9.17) is 5.73 Å². The second kappa shape index (κ2) is 4.51. The molecule has 0 bridgehead atoms. The Labute approximate surface area is 92.5 Å². The summed E-state index contributed by atoms with van der Waals surface area (Å²) in [6.45, 7) is 3.20. The van der Waals surface area contributed by atoms with E-state index in [1.54, 1.807) is 11.3 Å². The third-order valence-electron chi connectivity index (χ3n) is 2.35. The van der Waals surface area contributed by atoms with Gasteiger partial charge in [-0.25, -0.2) is 4.98 Å². The first-order valence-corrected chi connectivity index (χ1v) is 6.65. The van der Waals surface area contributed by atoms with Gasteiger partial charge < -0.3 is 11.1 Å². The van der Waals surface area contributed by atoms with E-state index in [0.29, 0.717) is 11.2 Å². The van der Waals surface area contributed by atoms with Crippen molar-refractivity contribution in [1.29, 1.82) is 0 Å². The first-order chi connectivity index (χ1) is 6.75. The molecule has 1 saturated heterocycles. The topological polar surface area (TPSA) is 50.9 Å². The van der Waals surface area contributed by atoms with Crippen LogP contribution in [0.2, 0.25) is 0 Å². The molecule has 1 aromatic rings. The molecule has 5 heteroatoms. The number of nitrogens with one attached hydrogen (secondary N) is 1. The fourth-order valence-corrected chi connectivity index (χ4v) is 3.77. The van der Waals surface area contributed by atoms with Crippen molar-refractivity contribution in [3.05, 3.63) is 5.69 Å². The maximum atomic E-state index is 5.64. The fourth-order valence-electron chi connectivity index (χ4n) is 1.61. The normalized spacial score (nSPS) is 21.6. The van der Waals surface area contributed by atoms with Crippen molar-refractivity contribution in [3.8, 4) is 0 Å². The molecule has 3 nitrogen and oxygen atoms in total. The Morgan fingerprint density at radius 2 is 2.57 bits per heavy atom. The van der Waals surface area contributed by atoms with Crippen molar-refractivity contribution in [3.63, 3.8) is 0 Å². The predicted molar refractivity (Wildman–Crippen MR) is 63.0 cm³/mol. The van der Waals surface area contributed by atoms with Gasteiger partial charge >= 0.3 is 0 Å². The Kier molecular flexibility index (Phi) is 3.30. The smallest absolute Gasteiger partial charge is 0.181 e. The number of nitrogen functional groups attached to an aromatic ring is 1. The van der Waals surface area contributed by atoms with Crippen molar-refractivity contribution in [2.75, 3.05) is 18.0 Å². The van der Waals surface area contributed by atoms with Crippen LogP contribution < -0.4 is 11.1 Å². The van der Waals surface area contributed by atoms with Gasteiger partial charge in [0.1, 0.15) is 0 Å². The van der Waals surface area contributed by atoms with E-state index in [2.05, 4.69) is 10.3 Å². The van der Waals surface area contributed by atoms with Crippen molar-refractivity contribution >= 4 is 28.2 Å². The fraction of sp³-hybridized carbons (Fsp3) is 0.667. The monoisotopic (exact) mass is 229 g/mol. The molecule has 0 aromatic carbocycles. The Bertz CT molecular complexity index is 305. The molecule has 1 fully saturated rings. The number of nitrogens with zero attached hydrogens (tertiary/aromatic N) is 1.